The van der Waals surface area contributed by atoms with E-state index in [1.165, 1.54) is 0 Å². The van der Waals surface area contributed by atoms with Gasteiger partial charge in [-0.1, -0.05) is 30.3 Å². The van der Waals surface area contributed by atoms with Gasteiger partial charge in [0.05, 0.1) is 14.2 Å². The zero-order valence-corrected chi connectivity index (χ0v) is 20.9. The zero-order chi connectivity index (χ0) is 25.3. The molecule has 0 aromatic heterocycles. The Balaban J connectivity index is 1.47. The summed E-state index contributed by atoms with van der Waals surface area (Å²) in [4.78, 5) is 12.4. The van der Waals surface area contributed by atoms with Gasteiger partial charge in [0.2, 0.25) is 0 Å². The molecule has 0 aliphatic rings. The third-order valence-electron chi connectivity index (χ3n) is 5.03. The van der Waals surface area contributed by atoms with Crippen LogP contribution in [0.3, 0.4) is 0 Å². The van der Waals surface area contributed by atoms with Crippen LogP contribution in [0.25, 0.3) is 0 Å². The van der Waals surface area contributed by atoms with Crippen molar-refractivity contribution in [3.8, 4) is 17.2 Å². The predicted octanol–water partition coefficient (Wildman–Crippen LogP) is 5.15. The van der Waals surface area contributed by atoms with Crippen LogP contribution in [0.5, 0.6) is 17.2 Å². The van der Waals surface area contributed by atoms with Crippen molar-refractivity contribution in [3.63, 3.8) is 0 Å². The highest BCUT2D eigenvalue weighted by molar-refractivity contribution is 7.80. The molecule has 0 spiro atoms. The molecule has 0 bridgehead atoms. The molecular weight excluding hydrogens is 466 g/mol. The number of amides is 1. The van der Waals surface area contributed by atoms with E-state index in [0.717, 1.165) is 17.0 Å². The fourth-order valence-electron chi connectivity index (χ4n) is 3.12. The molecule has 0 radical (unpaired) electrons. The van der Waals surface area contributed by atoms with Crippen LogP contribution in [0.1, 0.15) is 25.0 Å². The lowest BCUT2D eigenvalue weighted by molar-refractivity contribution is 0.0348. The van der Waals surface area contributed by atoms with Crippen LogP contribution in [-0.2, 0) is 16.9 Å². The summed E-state index contributed by atoms with van der Waals surface area (Å²) in [6.45, 7) is 4.01. The van der Waals surface area contributed by atoms with Gasteiger partial charge in [0.15, 0.2) is 5.11 Å². The lowest BCUT2D eigenvalue weighted by atomic mass is 9.97. The number of hydrogen-bond acceptors (Lipinski definition) is 6. The van der Waals surface area contributed by atoms with E-state index >= 15 is 0 Å². The number of hydrogen-bond donors (Lipinski definition) is 3. The first-order valence-electron chi connectivity index (χ1n) is 10.9. The number of carbonyl (C=O) groups excluding carboxylic acids is 1. The van der Waals surface area contributed by atoms with Crippen LogP contribution in [-0.4, -0.2) is 25.4 Å². The average Bonchev–Trinajstić information content (AvgIpc) is 2.87. The number of thiocarbonyl (C=S) groups is 1. The van der Waals surface area contributed by atoms with Crippen LogP contribution >= 0.6 is 12.2 Å². The summed E-state index contributed by atoms with van der Waals surface area (Å²) in [6, 6.07) is 22.5. The van der Waals surface area contributed by atoms with Crippen molar-refractivity contribution >= 4 is 29.1 Å². The van der Waals surface area contributed by atoms with Crippen LogP contribution in [0.15, 0.2) is 72.8 Å². The number of methoxy groups -OCH3 is 2. The van der Waals surface area contributed by atoms with Crippen molar-refractivity contribution in [2.45, 2.75) is 26.1 Å². The van der Waals surface area contributed by atoms with Gasteiger partial charge in [-0.05, 0) is 68.0 Å². The van der Waals surface area contributed by atoms with Gasteiger partial charge in [-0.2, -0.15) is 0 Å². The van der Waals surface area contributed by atoms with E-state index < -0.39 is 11.7 Å². The SMILES string of the molecule is COc1cc(OC)cc(C(C)(C)OC(=O)NNC(=S)Nc2ccc(OCc3ccccc3)cc2)c1. The van der Waals surface area contributed by atoms with Gasteiger partial charge in [-0.3, -0.25) is 5.43 Å². The van der Waals surface area contributed by atoms with Gasteiger partial charge in [0.1, 0.15) is 29.5 Å². The second-order valence-electron chi connectivity index (χ2n) is 8.00. The van der Waals surface area contributed by atoms with E-state index in [4.69, 9.17) is 31.2 Å². The highest BCUT2D eigenvalue weighted by Gasteiger charge is 2.27. The number of nitrogens with one attached hydrogen (secondary N) is 3. The Morgan fingerprint density at radius 1 is 0.857 bits per heavy atom. The average molecular weight is 496 g/mol. The van der Waals surface area contributed by atoms with Crippen LogP contribution in [0.2, 0.25) is 0 Å². The highest BCUT2D eigenvalue weighted by atomic mass is 32.1. The maximum atomic E-state index is 12.4. The Bertz CT molecular complexity index is 1120. The van der Waals surface area contributed by atoms with Crippen molar-refractivity contribution in [2.24, 2.45) is 0 Å². The van der Waals surface area contributed by atoms with Gasteiger partial charge < -0.3 is 24.3 Å². The molecule has 184 valence electrons. The molecule has 0 fully saturated rings. The molecule has 0 aliphatic heterocycles. The molecule has 9 heteroatoms. The third kappa shape index (κ3) is 7.79. The predicted molar refractivity (Wildman–Crippen MR) is 139 cm³/mol. The lowest BCUT2D eigenvalue weighted by Gasteiger charge is -2.26. The Hall–Kier alpha value is -3.98. The third-order valence-corrected chi connectivity index (χ3v) is 5.24. The van der Waals surface area contributed by atoms with Gasteiger partial charge in [0.25, 0.3) is 0 Å². The molecule has 3 rings (SSSR count). The molecule has 35 heavy (non-hydrogen) atoms. The van der Waals surface area contributed by atoms with E-state index in [2.05, 4.69) is 16.2 Å². The van der Waals surface area contributed by atoms with Crippen molar-refractivity contribution in [2.75, 3.05) is 19.5 Å². The minimum Gasteiger partial charge on any atom is -0.497 e. The molecule has 0 saturated carbocycles. The maximum absolute atomic E-state index is 12.4. The Kier molecular flexibility index (Phi) is 8.74. The minimum atomic E-state index is -0.960. The minimum absolute atomic E-state index is 0.195. The van der Waals surface area contributed by atoms with Crippen molar-refractivity contribution in [1.82, 2.24) is 10.9 Å². The van der Waals surface area contributed by atoms with Gasteiger partial charge in [0, 0.05) is 17.3 Å². The second-order valence-corrected chi connectivity index (χ2v) is 8.41. The summed E-state index contributed by atoms with van der Waals surface area (Å²) in [7, 11) is 3.12. The van der Waals surface area contributed by atoms with Crippen molar-refractivity contribution in [3.05, 3.63) is 83.9 Å². The summed E-state index contributed by atoms with van der Waals surface area (Å²) >= 11 is 5.25. The van der Waals surface area contributed by atoms with Gasteiger partial charge >= 0.3 is 6.09 Å². The number of rotatable bonds is 8. The molecule has 3 aromatic carbocycles. The number of anilines is 1. The smallest absolute Gasteiger partial charge is 0.426 e. The van der Waals surface area contributed by atoms with Gasteiger partial charge in [-0.15, -0.1) is 0 Å². The van der Waals surface area contributed by atoms with Crippen LogP contribution in [0.4, 0.5) is 10.5 Å². The van der Waals surface area contributed by atoms with E-state index in [0.29, 0.717) is 23.7 Å². The fourth-order valence-corrected chi connectivity index (χ4v) is 3.29. The molecule has 3 N–H and O–H groups in total. The monoisotopic (exact) mass is 495 g/mol. The van der Waals surface area contributed by atoms with Crippen LogP contribution in [0, 0.1) is 0 Å². The molecule has 8 nitrogen and oxygen atoms in total. The first kappa shape index (κ1) is 25.6. The first-order valence-corrected chi connectivity index (χ1v) is 11.3. The summed E-state index contributed by atoms with van der Waals surface area (Å²) in [5, 5.41) is 3.18. The maximum Gasteiger partial charge on any atom is 0.426 e. The number of hydrazine groups is 1. The molecule has 0 unspecified atom stereocenters. The van der Waals surface area contributed by atoms with E-state index in [-0.39, 0.29) is 5.11 Å². The van der Waals surface area contributed by atoms with Crippen LogP contribution < -0.4 is 30.4 Å². The van der Waals surface area contributed by atoms with E-state index in [9.17, 15) is 4.79 Å². The summed E-state index contributed by atoms with van der Waals surface area (Å²) in [6.07, 6.45) is -0.703. The summed E-state index contributed by atoms with van der Waals surface area (Å²) in [5.41, 5.74) is 6.63. The van der Waals surface area contributed by atoms with Crippen molar-refractivity contribution < 1.29 is 23.7 Å². The first-order chi connectivity index (χ1) is 16.8. The van der Waals surface area contributed by atoms with E-state index in [1.54, 1.807) is 46.3 Å². The molecule has 0 atom stereocenters. The molecular formula is C26H29N3O5S. The summed E-state index contributed by atoms with van der Waals surface area (Å²) in [5.74, 6) is 1.92. The number of benzene rings is 3. The Labute approximate surface area is 210 Å². The molecule has 0 heterocycles. The molecule has 0 aliphatic carbocycles. The van der Waals surface area contributed by atoms with Gasteiger partial charge in [-0.25, -0.2) is 10.2 Å². The van der Waals surface area contributed by atoms with Crippen molar-refractivity contribution in [1.29, 1.82) is 0 Å². The standard InChI is InChI=1S/C26H29N3O5S/c1-26(2,19-14-22(31-3)16-23(15-19)32-4)34-25(30)29-28-24(35)27-20-10-12-21(13-11-20)33-17-18-8-6-5-7-9-18/h5-16H,17H2,1-4H3,(H,29,30)(H2,27,28,35). The molecule has 1 amide bonds. The Morgan fingerprint density at radius 2 is 1.49 bits per heavy atom. The summed E-state index contributed by atoms with van der Waals surface area (Å²) < 4.78 is 21.9. The fraction of sp³-hybridized carbons (Fsp3) is 0.231. The largest absolute Gasteiger partial charge is 0.497 e. The zero-order valence-electron chi connectivity index (χ0n) is 20.1. The molecule has 3 aromatic rings. The topological polar surface area (TPSA) is 90.1 Å². The molecule has 0 saturated heterocycles. The quantitative estimate of drug-likeness (QED) is 0.292. The normalized spacial score (nSPS) is 10.6. The Morgan fingerprint density at radius 3 is 2.09 bits per heavy atom. The van der Waals surface area contributed by atoms with E-state index in [1.807, 2.05) is 54.6 Å². The lowest BCUT2D eigenvalue weighted by Crippen LogP contribution is -2.45. The highest BCUT2D eigenvalue weighted by Crippen LogP contribution is 2.32. The number of ether oxygens (including phenoxy) is 4. The second kappa shape index (κ2) is 11.9. The number of carbonyl (C=O) groups is 1.